The number of benzene rings is 10. The number of fused-ring (bicyclic) bond motifs is 8. The van der Waals surface area contributed by atoms with E-state index in [1.807, 2.05) is 18.2 Å². The van der Waals surface area contributed by atoms with Crippen LogP contribution in [0.5, 0.6) is 0 Å². The highest BCUT2D eigenvalue weighted by Crippen LogP contribution is 2.48. The Labute approximate surface area is 377 Å². The van der Waals surface area contributed by atoms with E-state index >= 15 is 0 Å². The van der Waals surface area contributed by atoms with Crippen LogP contribution >= 0.6 is 0 Å². The average Bonchev–Trinajstić information content (AvgIpc) is 3.93. The summed E-state index contributed by atoms with van der Waals surface area (Å²) in [5.41, 5.74) is 14.9. The van der Waals surface area contributed by atoms with Gasteiger partial charge in [0.05, 0.1) is 17.1 Å². The fourth-order valence-corrected chi connectivity index (χ4v) is 13.7. The van der Waals surface area contributed by atoms with Crippen molar-refractivity contribution < 1.29 is 8.83 Å². The van der Waals surface area contributed by atoms with Gasteiger partial charge in [0.1, 0.15) is 24.8 Å². The molecule has 0 atom stereocenters. The molecule has 13 rings (SSSR count). The molecule has 0 spiro atoms. The first-order chi connectivity index (χ1) is 32.0. The fourth-order valence-electron chi connectivity index (χ4n) is 10.6. The van der Waals surface area contributed by atoms with Gasteiger partial charge in [-0.2, -0.15) is 0 Å². The molecule has 308 valence electrons. The molecule has 10 aromatic carbocycles. The summed E-state index contributed by atoms with van der Waals surface area (Å²) in [7, 11) is -2.35. The number of anilines is 6. The Hall–Kier alpha value is -8.12. The van der Waals surface area contributed by atoms with Gasteiger partial charge in [-0.1, -0.05) is 159 Å². The molecule has 2 aromatic heterocycles. The molecule has 1 aliphatic rings. The highest BCUT2D eigenvalue weighted by molar-refractivity contribution is 7.03. The first-order valence-corrected chi connectivity index (χ1v) is 25.3. The zero-order chi connectivity index (χ0) is 43.2. The molecule has 3 heterocycles. The van der Waals surface area contributed by atoms with Crippen LogP contribution < -0.4 is 20.2 Å². The molecule has 0 saturated carbocycles. The van der Waals surface area contributed by atoms with Gasteiger partial charge in [-0.15, -0.1) is 0 Å². The number of furan rings is 2. The molecule has 0 amide bonds. The Balaban J connectivity index is 1.01. The van der Waals surface area contributed by atoms with E-state index in [0.29, 0.717) is 0 Å². The van der Waals surface area contributed by atoms with Crippen LogP contribution in [0.4, 0.5) is 34.1 Å². The van der Waals surface area contributed by atoms with E-state index < -0.39 is 8.07 Å². The summed E-state index contributed by atoms with van der Waals surface area (Å²) >= 11 is 0. The maximum Gasteiger partial charge on any atom is 0.159 e. The SMILES string of the molecule is C[Si]1(C)c2cc(N(c3ccccc3-c3ccccc3)c3cccc4c3oc3ccccc34)ccc2-c2ccc(N(c3ccccc3)c3ccc4c(c3)oc3ccccc34)c3cccc1c23. The smallest absolute Gasteiger partial charge is 0.159 e. The third-order valence-electron chi connectivity index (χ3n) is 13.6. The Morgan fingerprint density at radius 2 is 0.938 bits per heavy atom. The quantitative estimate of drug-likeness (QED) is 0.150. The molecule has 1 aliphatic heterocycles. The zero-order valence-electron chi connectivity index (χ0n) is 36.0. The van der Waals surface area contributed by atoms with Crippen LogP contribution in [0.1, 0.15) is 0 Å². The molecule has 12 aromatic rings. The van der Waals surface area contributed by atoms with Crippen LogP contribution in [-0.4, -0.2) is 8.07 Å². The largest absolute Gasteiger partial charge is 0.456 e. The first kappa shape index (κ1) is 37.4. The Morgan fingerprint density at radius 1 is 0.338 bits per heavy atom. The summed E-state index contributed by atoms with van der Waals surface area (Å²) in [6, 6.07) is 78.8. The average molecular weight is 851 g/mol. The van der Waals surface area contributed by atoms with Crippen LogP contribution in [0.2, 0.25) is 13.1 Å². The minimum atomic E-state index is -2.35. The zero-order valence-corrected chi connectivity index (χ0v) is 37.0. The van der Waals surface area contributed by atoms with E-state index in [4.69, 9.17) is 8.83 Å². The number of rotatable bonds is 7. The maximum absolute atomic E-state index is 6.78. The summed E-state index contributed by atoms with van der Waals surface area (Å²) in [5, 5.41) is 9.89. The highest BCUT2D eigenvalue weighted by atomic mass is 28.3. The number of hydrogen-bond acceptors (Lipinski definition) is 4. The second kappa shape index (κ2) is 14.5. The van der Waals surface area contributed by atoms with E-state index in [2.05, 4.69) is 223 Å². The van der Waals surface area contributed by atoms with Gasteiger partial charge in [-0.3, -0.25) is 0 Å². The van der Waals surface area contributed by atoms with Gasteiger partial charge in [0.2, 0.25) is 0 Å². The van der Waals surface area contributed by atoms with Crippen molar-refractivity contribution >= 4 is 107 Å². The summed E-state index contributed by atoms with van der Waals surface area (Å²) < 4.78 is 13.2. The minimum absolute atomic E-state index is 0.871. The molecule has 0 saturated heterocycles. The Morgan fingerprint density at radius 3 is 1.77 bits per heavy atom. The number of para-hydroxylation sites is 5. The molecule has 5 heteroatoms. The van der Waals surface area contributed by atoms with Crippen molar-refractivity contribution in [2.75, 3.05) is 9.80 Å². The van der Waals surface area contributed by atoms with Crippen LogP contribution in [0.15, 0.2) is 227 Å². The van der Waals surface area contributed by atoms with Gasteiger partial charge < -0.3 is 18.6 Å². The van der Waals surface area contributed by atoms with Gasteiger partial charge in [0.15, 0.2) is 5.58 Å². The van der Waals surface area contributed by atoms with Crippen molar-refractivity contribution in [2.45, 2.75) is 13.1 Å². The normalized spacial score (nSPS) is 12.9. The van der Waals surface area contributed by atoms with Crippen LogP contribution in [-0.2, 0) is 0 Å². The maximum atomic E-state index is 6.78. The lowest BCUT2D eigenvalue weighted by atomic mass is 9.95. The molecule has 0 bridgehead atoms. The van der Waals surface area contributed by atoms with Gasteiger partial charge in [-0.05, 0) is 99.2 Å². The van der Waals surface area contributed by atoms with E-state index in [1.165, 1.54) is 32.3 Å². The van der Waals surface area contributed by atoms with E-state index in [-0.39, 0.29) is 0 Å². The van der Waals surface area contributed by atoms with Crippen molar-refractivity contribution in [1.82, 2.24) is 0 Å². The molecular weight excluding hydrogens is 809 g/mol. The van der Waals surface area contributed by atoms with E-state index in [1.54, 1.807) is 0 Å². The molecule has 4 nitrogen and oxygen atoms in total. The Kier molecular flexibility index (Phi) is 8.33. The predicted molar refractivity (Wildman–Crippen MR) is 275 cm³/mol. The molecule has 0 N–H and O–H groups in total. The van der Waals surface area contributed by atoms with Gasteiger partial charge in [0.25, 0.3) is 0 Å². The van der Waals surface area contributed by atoms with Crippen molar-refractivity contribution in [1.29, 1.82) is 0 Å². The fraction of sp³-hybridized carbons (Fsp3) is 0.0333. The second-order valence-corrected chi connectivity index (χ2v) is 22.0. The third-order valence-corrected chi connectivity index (χ3v) is 17.2. The first-order valence-electron chi connectivity index (χ1n) is 22.3. The molecular formula is C60H42N2O2Si. The minimum Gasteiger partial charge on any atom is -0.456 e. The van der Waals surface area contributed by atoms with Gasteiger partial charge in [0, 0.05) is 55.6 Å². The topological polar surface area (TPSA) is 32.8 Å². The van der Waals surface area contributed by atoms with Gasteiger partial charge in [-0.25, -0.2) is 0 Å². The van der Waals surface area contributed by atoms with Crippen LogP contribution in [0.25, 0.3) is 76.9 Å². The lowest BCUT2D eigenvalue weighted by Crippen LogP contribution is -2.56. The summed E-state index contributed by atoms with van der Waals surface area (Å²) in [6.45, 7) is 5.04. The summed E-state index contributed by atoms with van der Waals surface area (Å²) in [5.74, 6) is 0. The van der Waals surface area contributed by atoms with E-state index in [9.17, 15) is 0 Å². The summed E-state index contributed by atoms with van der Waals surface area (Å²) in [4.78, 5) is 4.82. The standard InChI is InChI=1S/C60H42N2O2Si/c1-65(2)57-30-16-25-50-52(61(40-19-7-4-8-20-40)41-31-33-46-44-22-10-13-28-54(44)63-56(46)37-41)36-35-48(59(50)57)47-34-32-42(38-58(47)65)62(51-26-12-9-21-43(51)39-17-5-3-6-18-39)53-27-15-24-49-45-23-11-14-29-55(45)64-60(49)53/h3-38H,1-2H3. The second-order valence-electron chi connectivity index (χ2n) is 17.6. The van der Waals surface area contributed by atoms with Crippen molar-refractivity contribution in [3.8, 4) is 22.3 Å². The summed E-state index contributed by atoms with van der Waals surface area (Å²) in [6.07, 6.45) is 0. The van der Waals surface area contributed by atoms with E-state index in [0.717, 1.165) is 89.1 Å². The van der Waals surface area contributed by atoms with Crippen molar-refractivity contribution in [3.05, 3.63) is 218 Å². The third kappa shape index (κ3) is 5.76. The van der Waals surface area contributed by atoms with Gasteiger partial charge >= 0.3 is 0 Å². The monoisotopic (exact) mass is 850 g/mol. The highest BCUT2D eigenvalue weighted by Gasteiger charge is 2.37. The lowest BCUT2D eigenvalue weighted by molar-refractivity contribution is 0.668. The Bertz CT molecular complexity index is 3830. The number of nitrogens with zero attached hydrogens (tertiary/aromatic N) is 2. The molecule has 0 fully saturated rings. The molecule has 0 aliphatic carbocycles. The molecule has 65 heavy (non-hydrogen) atoms. The predicted octanol–water partition coefficient (Wildman–Crippen LogP) is 16.0. The van der Waals surface area contributed by atoms with Crippen LogP contribution in [0.3, 0.4) is 0 Å². The molecule has 0 unspecified atom stereocenters. The van der Waals surface area contributed by atoms with Crippen molar-refractivity contribution in [2.24, 2.45) is 0 Å². The lowest BCUT2D eigenvalue weighted by Gasteiger charge is -2.36. The van der Waals surface area contributed by atoms with Crippen molar-refractivity contribution in [3.63, 3.8) is 0 Å². The molecule has 0 radical (unpaired) electrons. The van der Waals surface area contributed by atoms with Crippen LogP contribution in [0, 0.1) is 0 Å². The number of hydrogen-bond donors (Lipinski definition) is 0.